The van der Waals surface area contributed by atoms with E-state index >= 15 is 0 Å². The number of thioether (sulfide) groups is 1. The molecule has 2 aliphatic heterocycles. The van der Waals surface area contributed by atoms with Crippen LogP contribution in [0.2, 0.25) is 0 Å². The van der Waals surface area contributed by atoms with Crippen molar-refractivity contribution >= 4 is 56.5 Å². The molecule has 1 atom stereocenters. The number of hydrogen-bond donors (Lipinski definition) is 3. The Morgan fingerprint density at radius 2 is 2.22 bits per heavy atom. The Kier molecular flexibility index (Phi) is 4.71. The van der Waals surface area contributed by atoms with Gasteiger partial charge in [0.2, 0.25) is 6.34 Å². The van der Waals surface area contributed by atoms with E-state index in [4.69, 9.17) is 15.9 Å². The van der Waals surface area contributed by atoms with Crippen molar-refractivity contribution < 1.29 is 14.2 Å². The highest BCUT2D eigenvalue weighted by molar-refractivity contribution is 9.10. The smallest absolute Gasteiger partial charge is 0.280 e. The maximum Gasteiger partial charge on any atom is 0.280 e. The Hall–Kier alpha value is -2.65. The first-order chi connectivity index (χ1) is 13.0. The number of ether oxygens (including phenoxy) is 1. The monoisotopic (exact) mass is 444 g/mol. The number of fused-ring (bicyclic) bond motifs is 1. The van der Waals surface area contributed by atoms with Crippen LogP contribution in [-0.4, -0.2) is 34.4 Å². The second-order valence-electron chi connectivity index (χ2n) is 5.90. The largest absolute Gasteiger partial charge is 0.482 e. The summed E-state index contributed by atoms with van der Waals surface area (Å²) < 4.78 is 7.72. The maximum absolute atomic E-state index is 11.6. The van der Waals surface area contributed by atoms with Crippen LogP contribution in [0, 0.1) is 5.41 Å². The van der Waals surface area contributed by atoms with Gasteiger partial charge in [-0.1, -0.05) is 28.1 Å². The molecular formula is C18H15BrN5O2S+. The summed E-state index contributed by atoms with van der Waals surface area (Å²) in [4.78, 5) is 11.6. The molecule has 0 spiro atoms. The molecule has 1 unspecified atom stereocenters. The van der Waals surface area contributed by atoms with Crippen LogP contribution in [-0.2, 0) is 4.79 Å². The van der Waals surface area contributed by atoms with Crippen LogP contribution in [0.1, 0.15) is 16.4 Å². The minimum absolute atomic E-state index is 0.0108. The van der Waals surface area contributed by atoms with Gasteiger partial charge in [0.15, 0.2) is 6.61 Å². The van der Waals surface area contributed by atoms with E-state index in [1.807, 2.05) is 42.5 Å². The number of rotatable bonds is 3. The van der Waals surface area contributed by atoms with E-state index in [0.29, 0.717) is 16.6 Å². The maximum atomic E-state index is 11.6. The zero-order chi connectivity index (χ0) is 19.0. The minimum Gasteiger partial charge on any atom is -0.482 e. The lowest BCUT2D eigenvalue weighted by Crippen LogP contribution is -2.31. The predicted octanol–water partition coefficient (Wildman–Crippen LogP) is 2.91. The van der Waals surface area contributed by atoms with Crippen molar-refractivity contribution in [1.29, 1.82) is 5.41 Å². The number of hydrogen-bond acceptors (Lipinski definition) is 6. The number of nitrogens with two attached hydrogens (primary N) is 1. The average Bonchev–Trinajstić information content (AvgIpc) is 2.67. The molecule has 2 aromatic carbocycles. The van der Waals surface area contributed by atoms with Crippen LogP contribution in [0.4, 0.5) is 5.69 Å². The SMILES string of the molecule is N=C[N+]1=C(N)SC(c2cccc(Br)c2)C(c2ccc3c(c2)NC(=O)CO3)=N1. The topological polar surface area (TPSA) is 104 Å². The fraction of sp³-hybridized carbons (Fsp3) is 0.111. The Morgan fingerprint density at radius 3 is 3.00 bits per heavy atom. The lowest BCUT2D eigenvalue weighted by molar-refractivity contribution is -0.402. The van der Waals surface area contributed by atoms with E-state index in [0.717, 1.165) is 27.6 Å². The number of nitrogens with zero attached hydrogens (tertiary/aromatic N) is 2. The lowest BCUT2D eigenvalue weighted by atomic mass is 10.0. The molecule has 0 bridgehead atoms. The first-order valence-corrected chi connectivity index (χ1v) is 9.72. The second kappa shape index (κ2) is 7.16. The van der Waals surface area contributed by atoms with Crippen LogP contribution in [0.25, 0.3) is 0 Å². The molecule has 4 rings (SSSR count). The summed E-state index contributed by atoms with van der Waals surface area (Å²) in [5, 5.41) is 15.2. The quantitative estimate of drug-likeness (QED) is 0.384. The molecule has 0 aliphatic carbocycles. The summed E-state index contributed by atoms with van der Waals surface area (Å²) in [5.41, 5.74) is 9.27. The molecule has 2 aromatic rings. The van der Waals surface area contributed by atoms with Crippen LogP contribution < -0.4 is 15.8 Å². The third kappa shape index (κ3) is 3.47. The summed E-state index contributed by atoms with van der Waals surface area (Å²) in [6.07, 6.45) is 1.07. The first kappa shape index (κ1) is 17.7. The number of halogens is 1. The third-order valence-electron chi connectivity index (χ3n) is 4.11. The Bertz CT molecular complexity index is 1020. The Labute approximate surface area is 167 Å². The molecule has 1 amide bonds. The normalized spacial score (nSPS) is 18.9. The summed E-state index contributed by atoms with van der Waals surface area (Å²) >= 11 is 4.92. The van der Waals surface area contributed by atoms with Crippen molar-refractivity contribution in [3.05, 3.63) is 58.1 Å². The van der Waals surface area contributed by atoms with Crippen molar-refractivity contribution in [2.24, 2.45) is 10.8 Å². The molecule has 0 radical (unpaired) electrons. The van der Waals surface area contributed by atoms with Gasteiger partial charge in [-0.3, -0.25) is 4.79 Å². The van der Waals surface area contributed by atoms with E-state index in [9.17, 15) is 4.79 Å². The summed E-state index contributed by atoms with van der Waals surface area (Å²) in [5.74, 6) is 0.429. The fourth-order valence-corrected chi connectivity index (χ4v) is 4.33. The zero-order valence-electron chi connectivity index (χ0n) is 14.0. The van der Waals surface area contributed by atoms with Gasteiger partial charge in [0.25, 0.3) is 11.1 Å². The molecule has 9 heteroatoms. The molecule has 7 nitrogen and oxygen atoms in total. The van der Waals surface area contributed by atoms with E-state index in [2.05, 4.69) is 26.3 Å². The molecular weight excluding hydrogens is 430 g/mol. The van der Waals surface area contributed by atoms with Gasteiger partial charge in [-0.2, -0.15) is 5.41 Å². The van der Waals surface area contributed by atoms with Gasteiger partial charge >= 0.3 is 0 Å². The predicted molar refractivity (Wildman–Crippen MR) is 110 cm³/mol. The summed E-state index contributed by atoms with van der Waals surface area (Å²) in [7, 11) is 0. The van der Waals surface area contributed by atoms with Gasteiger partial charge in [0, 0.05) is 10.0 Å². The van der Waals surface area contributed by atoms with Gasteiger partial charge in [-0.15, -0.1) is 9.79 Å². The van der Waals surface area contributed by atoms with Crippen molar-refractivity contribution in [3.63, 3.8) is 0 Å². The third-order valence-corrected chi connectivity index (χ3v) is 5.76. The fourth-order valence-electron chi connectivity index (χ4n) is 2.89. The number of benzene rings is 2. The molecule has 2 heterocycles. The number of amides is 1. The highest BCUT2D eigenvalue weighted by atomic mass is 79.9. The van der Waals surface area contributed by atoms with Gasteiger partial charge in [0.05, 0.1) is 10.9 Å². The molecule has 0 aromatic heterocycles. The number of amidine groups is 1. The van der Waals surface area contributed by atoms with Crippen LogP contribution in [0.15, 0.2) is 52.0 Å². The highest BCUT2D eigenvalue weighted by Crippen LogP contribution is 2.38. The van der Waals surface area contributed by atoms with Gasteiger partial charge < -0.3 is 15.8 Å². The van der Waals surface area contributed by atoms with Crippen molar-refractivity contribution in [2.45, 2.75) is 5.25 Å². The van der Waals surface area contributed by atoms with Gasteiger partial charge in [-0.05, 0) is 47.7 Å². The van der Waals surface area contributed by atoms with Gasteiger partial charge in [0.1, 0.15) is 11.5 Å². The van der Waals surface area contributed by atoms with Crippen molar-refractivity contribution in [2.75, 3.05) is 11.9 Å². The van der Waals surface area contributed by atoms with Crippen LogP contribution >= 0.6 is 27.7 Å². The molecule has 0 saturated heterocycles. The molecule has 136 valence electrons. The summed E-state index contributed by atoms with van der Waals surface area (Å²) in [6.45, 7) is 0.0108. The second-order valence-corrected chi connectivity index (χ2v) is 7.94. The summed E-state index contributed by atoms with van der Waals surface area (Å²) in [6, 6.07) is 13.5. The number of carbonyl (C=O) groups excluding carboxylic acids is 1. The molecule has 2 aliphatic rings. The first-order valence-electron chi connectivity index (χ1n) is 8.05. The van der Waals surface area contributed by atoms with Crippen LogP contribution in [0.3, 0.4) is 0 Å². The Morgan fingerprint density at radius 1 is 1.37 bits per heavy atom. The van der Waals surface area contributed by atoms with Gasteiger partial charge in [-0.25, -0.2) is 0 Å². The zero-order valence-corrected chi connectivity index (χ0v) is 16.4. The van der Waals surface area contributed by atoms with E-state index < -0.39 is 0 Å². The molecule has 4 N–H and O–H groups in total. The molecule has 0 fully saturated rings. The van der Waals surface area contributed by atoms with E-state index in [1.165, 1.54) is 16.4 Å². The number of hydrazone groups is 1. The molecule has 27 heavy (non-hydrogen) atoms. The van der Waals surface area contributed by atoms with Crippen molar-refractivity contribution in [1.82, 2.24) is 0 Å². The molecule has 0 saturated carbocycles. The highest BCUT2D eigenvalue weighted by Gasteiger charge is 2.31. The number of anilines is 1. The lowest BCUT2D eigenvalue weighted by Gasteiger charge is -2.24. The van der Waals surface area contributed by atoms with Crippen molar-refractivity contribution in [3.8, 4) is 5.75 Å². The number of carbonyl (C=O) groups is 1. The number of nitrogens with one attached hydrogen (secondary N) is 2. The Balaban J connectivity index is 1.82. The minimum atomic E-state index is -0.193. The van der Waals surface area contributed by atoms with E-state index in [1.54, 1.807) is 0 Å². The van der Waals surface area contributed by atoms with E-state index in [-0.39, 0.29) is 17.8 Å². The average molecular weight is 445 g/mol. The van der Waals surface area contributed by atoms with Crippen LogP contribution in [0.5, 0.6) is 5.75 Å². The standard InChI is InChI=1S/C18H14BrN5O2S/c19-12-3-1-2-11(6-12)17-16(23-24(9-20)18(21)27-17)10-4-5-14-13(7-10)22-15(25)8-26-14/h1-7,9,17,20-21H,8H2,(H,22,25)/p+1.